The largest absolute Gasteiger partial charge is 0.497 e. The van der Waals surface area contributed by atoms with E-state index in [4.69, 9.17) is 25.8 Å². The lowest BCUT2D eigenvalue weighted by Gasteiger charge is -2.25. The van der Waals surface area contributed by atoms with E-state index < -0.39 is 26.3 Å². The Morgan fingerprint density at radius 3 is 1.87 bits per heavy atom. The number of nitrogens with zero attached hydrogens (tertiary/aromatic N) is 3. The summed E-state index contributed by atoms with van der Waals surface area (Å²) in [5, 5.41) is 0.485. The van der Waals surface area contributed by atoms with Crippen molar-refractivity contribution in [3.8, 4) is 17.2 Å². The summed E-state index contributed by atoms with van der Waals surface area (Å²) in [6, 6.07) is 27.8. The third-order valence-electron chi connectivity index (χ3n) is 8.03. The van der Waals surface area contributed by atoms with Crippen molar-refractivity contribution in [3.05, 3.63) is 119 Å². The molecule has 0 saturated carbocycles. The zero-order valence-electron chi connectivity index (χ0n) is 26.5. The Morgan fingerprint density at radius 2 is 1.34 bits per heavy atom. The maximum absolute atomic E-state index is 14.0. The van der Waals surface area contributed by atoms with E-state index in [2.05, 4.69) is 0 Å². The Kier molecular flexibility index (Phi) is 11.0. The summed E-state index contributed by atoms with van der Waals surface area (Å²) in [6.45, 7) is 0.440. The van der Waals surface area contributed by atoms with Gasteiger partial charge in [0.2, 0.25) is 10.0 Å². The zero-order valence-corrected chi connectivity index (χ0v) is 28.8. The summed E-state index contributed by atoms with van der Waals surface area (Å²) in [7, 11) is -3.13. The molecule has 0 N–H and O–H groups in total. The standard InChI is InChI=1S/C34H38ClN3O7S2/c1-43-31-16-8-26(9-17-31)23-37(24-27-10-18-32(44-2)19-11-27)46(39,40)21-5-20-36-25-34(28-6-4-7-33(22-28)45-3)38(47(36,41)42)30-14-12-29(35)13-15-30/h4,6-19,22,34H,5,20-21,23-25H2,1-3H3/t34-/m1/s1. The molecule has 1 fully saturated rings. The molecule has 0 radical (unpaired) electrons. The van der Waals surface area contributed by atoms with Crippen LogP contribution in [0.1, 0.15) is 29.2 Å². The van der Waals surface area contributed by atoms with Crippen molar-refractivity contribution in [2.75, 3.05) is 44.5 Å². The molecule has 0 aliphatic carbocycles. The average Bonchev–Trinajstić information content (AvgIpc) is 3.35. The first-order chi connectivity index (χ1) is 22.5. The molecule has 1 aliphatic heterocycles. The molecule has 0 bridgehead atoms. The topological polar surface area (TPSA) is 106 Å². The maximum atomic E-state index is 14.0. The van der Waals surface area contributed by atoms with Gasteiger partial charge in [0.1, 0.15) is 17.2 Å². The Morgan fingerprint density at radius 1 is 0.787 bits per heavy atom. The van der Waals surface area contributed by atoms with Crippen LogP contribution in [0.25, 0.3) is 0 Å². The molecule has 0 spiro atoms. The minimum Gasteiger partial charge on any atom is -0.497 e. The van der Waals surface area contributed by atoms with Crippen LogP contribution >= 0.6 is 11.6 Å². The highest BCUT2D eigenvalue weighted by Crippen LogP contribution is 2.39. The lowest BCUT2D eigenvalue weighted by Crippen LogP contribution is -2.36. The first kappa shape index (κ1) is 34.5. The van der Waals surface area contributed by atoms with Crippen molar-refractivity contribution in [2.45, 2.75) is 25.6 Å². The van der Waals surface area contributed by atoms with Crippen LogP contribution in [0.15, 0.2) is 97.1 Å². The van der Waals surface area contributed by atoms with E-state index in [0.29, 0.717) is 28.0 Å². The number of halogens is 1. The van der Waals surface area contributed by atoms with Gasteiger partial charge in [-0.15, -0.1) is 0 Å². The fourth-order valence-electron chi connectivity index (χ4n) is 5.52. The predicted molar refractivity (Wildman–Crippen MR) is 184 cm³/mol. The smallest absolute Gasteiger partial charge is 0.304 e. The third kappa shape index (κ3) is 8.20. The SMILES string of the molecule is COc1ccc(CN(Cc2ccc(OC)cc2)S(=O)(=O)CCCN2C[C@H](c3cccc(OC)c3)N(c3ccc(Cl)cc3)S2(=O)=O)cc1. The second kappa shape index (κ2) is 15.0. The molecule has 1 aliphatic rings. The van der Waals surface area contributed by atoms with E-state index in [1.165, 1.54) is 12.9 Å². The second-order valence-electron chi connectivity index (χ2n) is 11.1. The van der Waals surface area contributed by atoms with Gasteiger partial charge in [-0.25, -0.2) is 12.7 Å². The summed E-state index contributed by atoms with van der Waals surface area (Å²) in [4.78, 5) is 0. The van der Waals surface area contributed by atoms with Crippen LogP contribution in [0.4, 0.5) is 5.69 Å². The van der Waals surface area contributed by atoms with Gasteiger partial charge < -0.3 is 14.2 Å². The highest BCUT2D eigenvalue weighted by Gasteiger charge is 2.44. The summed E-state index contributed by atoms with van der Waals surface area (Å²) >= 11 is 6.11. The summed E-state index contributed by atoms with van der Waals surface area (Å²) in [5.74, 6) is 1.71. The lowest BCUT2D eigenvalue weighted by molar-refractivity contribution is 0.391. The first-order valence-corrected chi connectivity index (χ1v) is 18.3. The van der Waals surface area contributed by atoms with E-state index in [1.807, 2.05) is 42.5 Å². The monoisotopic (exact) mass is 699 g/mol. The number of rotatable bonds is 14. The van der Waals surface area contributed by atoms with Crippen LogP contribution in [0.3, 0.4) is 0 Å². The van der Waals surface area contributed by atoms with Crippen molar-refractivity contribution in [1.29, 1.82) is 0 Å². The molecule has 5 rings (SSSR count). The molecular formula is C34H38ClN3O7S2. The summed E-state index contributed by atoms with van der Waals surface area (Å²) in [5.41, 5.74) is 2.81. The number of methoxy groups -OCH3 is 3. The predicted octanol–water partition coefficient (Wildman–Crippen LogP) is 5.90. The van der Waals surface area contributed by atoms with Crippen LogP contribution in [0, 0.1) is 0 Å². The molecule has 1 heterocycles. The Hall–Kier alpha value is -3.81. The number of hydrogen-bond acceptors (Lipinski definition) is 7. The highest BCUT2D eigenvalue weighted by atomic mass is 35.5. The van der Waals surface area contributed by atoms with Crippen molar-refractivity contribution >= 4 is 37.5 Å². The van der Waals surface area contributed by atoms with E-state index in [1.54, 1.807) is 75.9 Å². The van der Waals surface area contributed by atoms with Gasteiger partial charge in [-0.2, -0.15) is 17.0 Å². The second-order valence-corrected chi connectivity index (χ2v) is 15.4. The Balaban J connectivity index is 1.36. The van der Waals surface area contributed by atoms with Gasteiger partial charge in [0.15, 0.2) is 0 Å². The van der Waals surface area contributed by atoms with E-state index in [-0.39, 0.29) is 38.4 Å². The van der Waals surface area contributed by atoms with Crippen molar-refractivity contribution < 1.29 is 31.0 Å². The van der Waals surface area contributed by atoms with E-state index in [0.717, 1.165) is 16.7 Å². The van der Waals surface area contributed by atoms with Gasteiger partial charge in [0.25, 0.3) is 0 Å². The number of hydrogen-bond donors (Lipinski definition) is 0. The molecule has 0 unspecified atom stereocenters. The quantitative estimate of drug-likeness (QED) is 0.162. The van der Waals surface area contributed by atoms with Crippen LogP contribution in [0.5, 0.6) is 17.2 Å². The van der Waals surface area contributed by atoms with Crippen LogP contribution in [-0.4, -0.2) is 65.6 Å². The molecule has 0 aromatic heterocycles. The first-order valence-electron chi connectivity index (χ1n) is 15.0. The third-order valence-corrected chi connectivity index (χ3v) is 12.1. The summed E-state index contributed by atoms with van der Waals surface area (Å²) < 4.78 is 75.8. The lowest BCUT2D eigenvalue weighted by atomic mass is 10.1. The minimum absolute atomic E-state index is 0.0189. The fourth-order valence-corrected chi connectivity index (χ4v) is 8.92. The molecule has 13 heteroatoms. The molecule has 4 aromatic carbocycles. The zero-order chi connectivity index (χ0) is 33.6. The number of benzene rings is 4. The van der Waals surface area contributed by atoms with Gasteiger partial charge in [0, 0.05) is 31.2 Å². The molecule has 4 aromatic rings. The van der Waals surface area contributed by atoms with Crippen molar-refractivity contribution in [3.63, 3.8) is 0 Å². The van der Waals surface area contributed by atoms with Crippen LogP contribution < -0.4 is 18.5 Å². The normalized spacial score (nSPS) is 16.4. The average molecular weight is 700 g/mol. The van der Waals surface area contributed by atoms with Gasteiger partial charge in [-0.1, -0.05) is 48.0 Å². The van der Waals surface area contributed by atoms with Crippen molar-refractivity contribution in [2.24, 2.45) is 0 Å². The molecular weight excluding hydrogens is 662 g/mol. The van der Waals surface area contributed by atoms with Gasteiger partial charge in [-0.3, -0.25) is 0 Å². The molecule has 10 nitrogen and oxygen atoms in total. The van der Waals surface area contributed by atoms with E-state index >= 15 is 0 Å². The van der Waals surface area contributed by atoms with Gasteiger partial charge in [0.05, 0.1) is 38.8 Å². The molecule has 47 heavy (non-hydrogen) atoms. The molecule has 0 amide bonds. The van der Waals surface area contributed by atoms with Crippen molar-refractivity contribution in [1.82, 2.24) is 8.61 Å². The van der Waals surface area contributed by atoms with Crippen LogP contribution in [0.2, 0.25) is 5.02 Å². The minimum atomic E-state index is -4.01. The number of ether oxygens (including phenoxy) is 3. The van der Waals surface area contributed by atoms with Crippen LogP contribution in [-0.2, 0) is 33.3 Å². The van der Waals surface area contributed by atoms with Gasteiger partial charge in [-0.05, 0) is 83.8 Å². The maximum Gasteiger partial charge on any atom is 0.304 e. The fraction of sp³-hybridized carbons (Fsp3) is 0.294. The molecule has 250 valence electrons. The molecule has 1 saturated heterocycles. The Labute approximate surface area is 282 Å². The summed E-state index contributed by atoms with van der Waals surface area (Å²) in [6.07, 6.45) is 0.0998. The number of anilines is 1. The Bertz CT molecular complexity index is 1810. The number of sulfonamides is 1. The van der Waals surface area contributed by atoms with Gasteiger partial charge >= 0.3 is 10.2 Å². The highest BCUT2D eigenvalue weighted by molar-refractivity contribution is 7.90. The van der Waals surface area contributed by atoms with E-state index in [9.17, 15) is 16.8 Å². The molecule has 1 atom stereocenters.